The standard InChI is InChI=1S/C8H16INO2/c1-4-7(9)8(11)12-6-5-10(2)3/h7H,4-6H2,1-3H3. The number of carbonyl (C=O) groups is 1. The Morgan fingerprint density at radius 2 is 2.17 bits per heavy atom. The quantitative estimate of drug-likeness (QED) is 0.433. The van der Waals surface area contributed by atoms with Gasteiger partial charge in [0.15, 0.2) is 0 Å². The molecule has 0 fully saturated rings. The molecule has 0 aromatic carbocycles. The van der Waals surface area contributed by atoms with Crippen molar-refractivity contribution >= 4 is 28.6 Å². The third kappa shape index (κ3) is 5.77. The SMILES string of the molecule is CCC(I)C(=O)OCCN(C)C. The normalized spacial score (nSPS) is 13.1. The molecule has 0 N–H and O–H groups in total. The van der Waals surface area contributed by atoms with Gasteiger partial charge in [-0.2, -0.15) is 0 Å². The molecule has 12 heavy (non-hydrogen) atoms. The van der Waals surface area contributed by atoms with Crippen molar-refractivity contribution in [3.05, 3.63) is 0 Å². The van der Waals surface area contributed by atoms with Crippen LogP contribution < -0.4 is 0 Å². The Morgan fingerprint density at radius 1 is 1.58 bits per heavy atom. The Hall–Kier alpha value is 0.160. The second-order valence-corrected chi connectivity index (χ2v) is 4.35. The van der Waals surface area contributed by atoms with Gasteiger partial charge in [0.1, 0.15) is 10.5 Å². The van der Waals surface area contributed by atoms with Crippen molar-refractivity contribution in [1.29, 1.82) is 0 Å². The zero-order chi connectivity index (χ0) is 9.56. The van der Waals surface area contributed by atoms with Crippen LogP contribution in [0.1, 0.15) is 13.3 Å². The van der Waals surface area contributed by atoms with Gasteiger partial charge >= 0.3 is 5.97 Å². The maximum absolute atomic E-state index is 11.1. The summed E-state index contributed by atoms with van der Waals surface area (Å²) in [5.74, 6) is -0.0973. The van der Waals surface area contributed by atoms with Gasteiger partial charge in [-0.25, -0.2) is 0 Å². The van der Waals surface area contributed by atoms with Crippen LogP contribution in [0.2, 0.25) is 0 Å². The molecule has 0 saturated heterocycles. The van der Waals surface area contributed by atoms with E-state index in [2.05, 4.69) is 22.6 Å². The van der Waals surface area contributed by atoms with Crippen LogP contribution in [-0.4, -0.2) is 42.0 Å². The predicted molar refractivity (Wildman–Crippen MR) is 57.6 cm³/mol. The summed E-state index contributed by atoms with van der Waals surface area (Å²) >= 11 is 2.10. The Balaban J connectivity index is 3.44. The smallest absolute Gasteiger partial charge is 0.318 e. The van der Waals surface area contributed by atoms with Crippen LogP contribution >= 0.6 is 22.6 Å². The average Bonchev–Trinajstić information content (AvgIpc) is 2.02. The summed E-state index contributed by atoms with van der Waals surface area (Å²) < 4.78 is 5.02. The number of esters is 1. The van der Waals surface area contributed by atoms with Crippen molar-refractivity contribution in [2.75, 3.05) is 27.2 Å². The summed E-state index contributed by atoms with van der Waals surface area (Å²) in [4.78, 5) is 13.1. The maximum Gasteiger partial charge on any atom is 0.318 e. The predicted octanol–water partition coefficient (Wildman–Crippen LogP) is 1.30. The fourth-order valence-corrected chi connectivity index (χ4v) is 0.766. The largest absolute Gasteiger partial charge is 0.464 e. The third-order valence-electron chi connectivity index (χ3n) is 1.40. The maximum atomic E-state index is 11.1. The number of likely N-dealkylation sites (N-methyl/N-ethyl adjacent to an activating group) is 1. The molecule has 3 nitrogen and oxygen atoms in total. The lowest BCUT2D eigenvalue weighted by Crippen LogP contribution is -2.23. The number of rotatable bonds is 5. The Labute approximate surface area is 87.6 Å². The molecule has 0 bridgehead atoms. The van der Waals surface area contributed by atoms with Crippen molar-refractivity contribution < 1.29 is 9.53 Å². The minimum atomic E-state index is -0.0973. The molecule has 0 aliphatic heterocycles. The van der Waals surface area contributed by atoms with Crippen LogP contribution in [0.25, 0.3) is 0 Å². The van der Waals surface area contributed by atoms with E-state index >= 15 is 0 Å². The summed E-state index contributed by atoms with van der Waals surface area (Å²) in [7, 11) is 3.91. The summed E-state index contributed by atoms with van der Waals surface area (Å²) in [6.07, 6.45) is 0.835. The van der Waals surface area contributed by atoms with E-state index < -0.39 is 0 Å². The number of hydrogen-bond acceptors (Lipinski definition) is 3. The summed E-state index contributed by atoms with van der Waals surface area (Å²) in [6, 6.07) is 0. The highest BCUT2D eigenvalue weighted by Crippen LogP contribution is 2.06. The van der Waals surface area contributed by atoms with E-state index in [-0.39, 0.29) is 9.89 Å². The molecule has 1 unspecified atom stereocenters. The molecule has 4 heteroatoms. The first-order valence-corrected chi connectivity index (χ1v) is 5.28. The molecular formula is C8H16INO2. The summed E-state index contributed by atoms with van der Waals surface area (Å²) in [5.41, 5.74) is 0. The lowest BCUT2D eigenvalue weighted by atomic mass is 10.3. The number of halogens is 1. The van der Waals surface area contributed by atoms with Crippen LogP contribution in [0.3, 0.4) is 0 Å². The fraction of sp³-hybridized carbons (Fsp3) is 0.875. The van der Waals surface area contributed by atoms with E-state index in [0.717, 1.165) is 13.0 Å². The molecule has 0 rings (SSSR count). The van der Waals surface area contributed by atoms with Gasteiger partial charge in [0.05, 0.1) is 0 Å². The number of nitrogens with zero attached hydrogens (tertiary/aromatic N) is 1. The zero-order valence-electron chi connectivity index (χ0n) is 7.84. The molecular weight excluding hydrogens is 269 g/mol. The van der Waals surface area contributed by atoms with E-state index in [1.54, 1.807) is 0 Å². The summed E-state index contributed by atoms with van der Waals surface area (Å²) in [5, 5.41) is 0. The molecule has 0 heterocycles. The monoisotopic (exact) mass is 285 g/mol. The van der Waals surface area contributed by atoms with Crippen LogP contribution in [0, 0.1) is 0 Å². The van der Waals surface area contributed by atoms with Gasteiger partial charge < -0.3 is 9.64 Å². The first-order chi connectivity index (χ1) is 5.57. The molecule has 0 spiro atoms. The molecule has 0 aliphatic rings. The molecule has 1 atom stereocenters. The van der Waals surface area contributed by atoms with E-state index in [9.17, 15) is 4.79 Å². The van der Waals surface area contributed by atoms with E-state index in [4.69, 9.17) is 4.74 Å². The van der Waals surface area contributed by atoms with Crippen molar-refractivity contribution in [2.24, 2.45) is 0 Å². The highest BCUT2D eigenvalue weighted by Gasteiger charge is 2.12. The molecule has 0 radical (unpaired) electrons. The molecule has 0 amide bonds. The highest BCUT2D eigenvalue weighted by atomic mass is 127. The average molecular weight is 285 g/mol. The van der Waals surface area contributed by atoms with Crippen molar-refractivity contribution in [3.63, 3.8) is 0 Å². The van der Waals surface area contributed by atoms with Gasteiger partial charge in [0, 0.05) is 6.54 Å². The Kier molecular flexibility index (Phi) is 6.74. The lowest BCUT2D eigenvalue weighted by molar-refractivity contribution is -0.142. The first kappa shape index (κ1) is 12.2. The van der Waals surface area contributed by atoms with Gasteiger partial charge in [-0.15, -0.1) is 0 Å². The topological polar surface area (TPSA) is 29.5 Å². The molecule has 0 aliphatic carbocycles. The van der Waals surface area contributed by atoms with Crippen molar-refractivity contribution in [1.82, 2.24) is 4.90 Å². The molecule has 72 valence electrons. The number of alkyl halides is 1. The van der Waals surface area contributed by atoms with E-state index in [1.165, 1.54) is 0 Å². The summed E-state index contributed by atoms with van der Waals surface area (Å²) in [6.45, 7) is 3.26. The van der Waals surface area contributed by atoms with Crippen molar-refractivity contribution in [3.8, 4) is 0 Å². The zero-order valence-corrected chi connectivity index (χ0v) is 10.00. The molecule has 0 saturated carbocycles. The van der Waals surface area contributed by atoms with E-state index in [1.807, 2.05) is 25.9 Å². The highest BCUT2D eigenvalue weighted by molar-refractivity contribution is 14.1. The van der Waals surface area contributed by atoms with Crippen molar-refractivity contribution in [2.45, 2.75) is 17.3 Å². The lowest BCUT2D eigenvalue weighted by Gasteiger charge is -2.11. The molecule has 0 aromatic rings. The van der Waals surface area contributed by atoms with Gasteiger partial charge in [0.25, 0.3) is 0 Å². The van der Waals surface area contributed by atoms with Gasteiger partial charge in [-0.05, 0) is 20.5 Å². The van der Waals surface area contributed by atoms with Gasteiger partial charge in [-0.1, -0.05) is 29.5 Å². The first-order valence-electron chi connectivity index (χ1n) is 4.03. The minimum absolute atomic E-state index is 0.00441. The Morgan fingerprint density at radius 3 is 2.58 bits per heavy atom. The minimum Gasteiger partial charge on any atom is -0.464 e. The number of ether oxygens (including phenoxy) is 1. The van der Waals surface area contributed by atoms with Crippen LogP contribution in [0.5, 0.6) is 0 Å². The fourth-order valence-electron chi connectivity index (χ4n) is 0.586. The second-order valence-electron chi connectivity index (χ2n) is 2.85. The van der Waals surface area contributed by atoms with Gasteiger partial charge in [-0.3, -0.25) is 4.79 Å². The van der Waals surface area contributed by atoms with Crippen LogP contribution in [-0.2, 0) is 9.53 Å². The molecule has 0 aromatic heterocycles. The number of hydrogen-bond donors (Lipinski definition) is 0. The third-order valence-corrected chi connectivity index (χ3v) is 2.79. The van der Waals surface area contributed by atoms with Crippen LogP contribution in [0.4, 0.5) is 0 Å². The van der Waals surface area contributed by atoms with E-state index in [0.29, 0.717) is 6.61 Å². The second kappa shape index (κ2) is 6.65. The Bertz CT molecular complexity index is 139. The number of carbonyl (C=O) groups excluding carboxylic acids is 1. The van der Waals surface area contributed by atoms with Crippen LogP contribution in [0.15, 0.2) is 0 Å². The van der Waals surface area contributed by atoms with Gasteiger partial charge in [0.2, 0.25) is 0 Å².